The van der Waals surface area contributed by atoms with E-state index in [4.69, 9.17) is 8.94 Å². The first-order valence-electron chi connectivity index (χ1n) is 8.02. The summed E-state index contributed by atoms with van der Waals surface area (Å²) >= 11 is 0. The summed E-state index contributed by atoms with van der Waals surface area (Å²) in [7, 11) is 0. The van der Waals surface area contributed by atoms with Gasteiger partial charge in [0, 0.05) is 19.4 Å². The van der Waals surface area contributed by atoms with Crippen LogP contribution in [0.4, 0.5) is 0 Å². The number of carbonyl (C=O) groups excluding carboxylic acids is 1. The molecular formula is C16H21N3O4. The van der Waals surface area contributed by atoms with Gasteiger partial charge in [-0.3, -0.25) is 4.79 Å². The first-order chi connectivity index (χ1) is 11.2. The summed E-state index contributed by atoms with van der Waals surface area (Å²) in [5.41, 5.74) is 0. The van der Waals surface area contributed by atoms with Gasteiger partial charge in [0.25, 0.3) is 0 Å². The van der Waals surface area contributed by atoms with Gasteiger partial charge in [0.05, 0.1) is 12.4 Å². The molecule has 2 unspecified atom stereocenters. The number of aromatic nitrogens is 2. The van der Waals surface area contributed by atoms with Crippen molar-refractivity contribution in [2.45, 2.75) is 44.6 Å². The van der Waals surface area contributed by atoms with Gasteiger partial charge in [-0.25, -0.2) is 0 Å². The van der Waals surface area contributed by atoms with Crippen molar-refractivity contribution in [2.24, 2.45) is 5.92 Å². The number of nitrogens with one attached hydrogen (secondary N) is 1. The number of hydrogen-bond donors (Lipinski definition) is 2. The lowest BCUT2D eigenvalue weighted by atomic mass is 9.87. The van der Waals surface area contributed by atoms with E-state index in [9.17, 15) is 9.90 Å². The maximum atomic E-state index is 11.9. The van der Waals surface area contributed by atoms with Gasteiger partial charge >= 0.3 is 0 Å². The average molecular weight is 319 g/mol. The predicted octanol–water partition coefficient (Wildman–Crippen LogP) is 1.93. The normalized spacial score (nSPS) is 21.3. The smallest absolute Gasteiger partial charge is 0.238 e. The summed E-state index contributed by atoms with van der Waals surface area (Å²) in [5.74, 6) is 1.68. The zero-order chi connectivity index (χ0) is 16.1. The molecule has 1 saturated carbocycles. The van der Waals surface area contributed by atoms with Crippen LogP contribution in [-0.2, 0) is 11.2 Å². The van der Waals surface area contributed by atoms with E-state index in [0.29, 0.717) is 42.8 Å². The molecule has 23 heavy (non-hydrogen) atoms. The van der Waals surface area contributed by atoms with E-state index in [1.165, 1.54) is 0 Å². The Labute approximate surface area is 134 Å². The molecule has 2 N–H and O–H groups in total. The van der Waals surface area contributed by atoms with Crippen molar-refractivity contribution in [2.75, 3.05) is 6.54 Å². The topological polar surface area (TPSA) is 101 Å². The molecule has 1 amide bonds. The van der Waals surface area contributed by atoms with Crippen LogP contribution >= 0.6 is 0 Å². The Morgan fingerprint density at radius 3 is 3.13 bits per heavy atom. The third-order valence-electron chi connectivity index (χ3n) is 4.12. The molecule has 0 radical (unpaired) electrons. The van der Waals surface area contributed by atoms with Crippen LogP contribution in [0.15, 0.2) is 27.3 Å². The number of rotatable bonds is 6. The monoisotopic (exact) mass is 319 g/mol. The van der Waals surface area contributed by atoms with Crippen LogP contribution in [-0.4, -0.2) is 33.8 Å². The molecule has 1 aliphatic rings. The molecule has 2 heterocycles. The van der Waals surface area contributed by atoms with Gasteiger partial charge in [-0.05, 0) is 37.3 Å². The fraction of sp³-hybridized carbons (Fsp3) is 0.562. The number of carbonyl (C=O) groups is 1. The largest absolute Gasteiger partial charge is 0.461 e. The molecule has 2 atom stereocenters. The Morgan fingerprint density at radius 1 is 1.43 bits per heavy atom. The zero-order valence-corrected chi connectivity index (χ0v) is 12.9. The van der Waals surface area contributed by atoms with Crippen molar-refractivity contribution >= 4 is 5.91 Å². The molecule has 1 fully saturated rings. The minimum absolute atomic E-state index is 0.0391. The van der Waals surface area contributed by atoms with Gasteiger partial charge < -0.3 is 19.4 Å². The SMILES string of the molecule is O=C(CCc1nc(-c2ccco2)no1)NCC1CCCC(O)C1. The maximum Gasteiger partial charge on any atom is 0.238 e. The van der Waals surface area contributed by atoms with E-state index < -0.39 is 0 Å². The second-order valence-corrected chi connectivity index (χ2v) is 5.98. The third-order valence-corrected chi connectivity index (χ3v) is 4.12. The molecule has 7 nitrogen and oxygen atoms in total. The van der Waals surface area contributed by atoms with Crippen molar-refractivity contribution in [1.82, 2.24) is 15.5 Å². The Hall–Kier alpha value is -2.15. The Balaban J connectivity index is 1.40. The van der Waals surface area contributed by atoms with Crippen LogP contribution in [0.25, 0.3) is 11.6 Å². The first kappa shape index (κ1) is 15.7. The highest BCUT2D eigenvalue weighted by Gasteiger charge is 2.20. The van der Waals surface area contributed by atoms with E-state index in [1.54, 1.807) is 18.4 Å². The number of hydrogen-bond acceptors (Lipinski definition) is 6. The Morgan fingerprint density at radius 2 is 2.35 bits per heavy atom. The molecule has 7 heteroatoms. The molecule has 2 aromatic rings. The zero-order valence-electron chi connectivity index (χ0n) is 12.9. The van der Waals surface area contributed by atoms with Gasteiger partial charge in [-0.15, -0.1) is 0 Å². The summed E-state index contributed by atoms with van der Waals surface area (Å²) in [5, 5.41) is 16.4. The highest BCUT2D eigenvalue weighted by molar-refractivity contribution is 5.76. The minimum Gasteiger partial charge on any atom is -0.461 e. The number of amides is 1. The molecule has 0 aliphatic heterocycles. The lowest BCUT2D eigenvalue weighted by molar-refractivity contribution is -0.121. The van der Waals surface area contributed by atoms with E-state index in [-0.39, 0.29) is 12.0 Å². The minimum atomic E-state index is -0.218. The summed E-state index contributed by atoms with van der Waals surface area (Å²) in [6.07, 6.45) is 5.76. The molecule has 1 aliphatic carbocycles. The van der Waals surface area contributed by atoms with Gasteiger partial charge in [0.2, 0.25) is 17.6 Å². The highest BCUT2D eigenvalue weighted by Crippen LogP contribution is 2.23. The van der Waals surface area contributed by atoms with E-state index >= 15 is 0 Å². The van der Waals surface area contributed by atoms with Crippen molar-refractivity contribution in [3.05, 3.63) is 24.3 Å². The van der Waals surface area contributed by atoms with Crippen molar-refractivity contribution in [3.63, 3.8) is 0 Å². The standard InChI is InChI=1S/C16H21N3O4/c20-12-4-1-3-11(9-12)10-17-14(21)6-7-15-18-16(19-23-15)13-5-2-8-22-13/h2,5,8,11-12,20H,1,3-4,6-7,9-10H2,(H,17,21). The van der Waals surface area contributed by atoms with Gasteiger partial charge in [-0.2, -0.15) is 4.98 Å². The van der Waals surface area contributed by atoms with Crippen LogP contribution in [0, 0.1) is 5.92 Å². The lowest BCUT2D eigenvalue weighted by Crippen LogP contribution is -2.33. The summed E-state index contributed by atoms with van der Waals surface area (Å²) in [6.45, 7) is 0.622. The molecule has 0 spiro atoms. The number of aliphatic hydroxyl groups is 1. The molecule has 0 bridgehead atoms. The molecule has 2 aromatic heterocycles. The number of furan rings is 1. The second kappa shape index (κ2) is 7.41. The summed E-state index contributed by atoms with van der Waals surface area (Å²) < 4.78 is 10.3. The highest BCUT2D eigenvalue weighted by atomic mass is 16.5. The quantitative estimate of drug-likeness (QED) is 0.843. The number of nitrogens with zero attached hydrogens (tertiary/aromatic N) is 2. The van der Waals surface area contributed by atoms with Gasteiger partial charge in [0.1, 0.15) is 0 Å². The Kier molecular flexibility index (Phi) is 5.07. The molecule has 0 saturated heterocycles. The summed E-state index contributed by atoms with van der Waals surface area (Å²) in [4.78, 5) is 16.1. The molecule has 0 aromatic carbocycles. The molecular weight excluding hydrogens is 298 g/mol. The van der Waals surface area contributed by atoms with E-state index in [0.717, 1.165) is 25.7 Å². The van der Waals surface area contributed by atoms with Crippen LogP contribution in [0.5, 0.6) is 0 Å². The predicted molar refractivity (Wildman–Crippen MR) is 81.3 cm³/mol. The maximum absolute atomic E-state index is 11.9. The third kappa shape index (κ3) is 4.41. The lowest BCUT2D eigenvalue weighted by Gasteiger charge is -2.25. The van der Waals surface area contributed by atoms with Crippen molar-refractivity contribution < 1.29 is 18.8 Å². The Bertz CT molecular complexity index is 623. The average Bonchev–Trinajstić information content (AvgIpc) is 3.22. The molecule has 124 valence electrons. The van der Waals surface area contributed by atoms with Crippen LogP contribution in [0.3, 0.4) is 0 Å². The number of aliphatic hydroxyl groups excluding tert-OH is 1. The van der Waals surface area contributed by atoms with Crippen LogP contribution < -0.4 is 5.32 Å². The fourth-order valence-electron chi connectivity index (χ4n) is 2.88. The number of aryl methyl sites for hydroxylation is 1. The van der Waals surface area contributed by atoms with Crippen molar-refractivity contribution in [3.8, 4) is 11.6 Å². The van der Waals surface area contributed by atoms with Gasteiger partial charge in [0.15, 0.2) is 5.76 Å². The van der Waals surface area contributed by atoms with Crippen LogP contribution in [0.2, 0.25) is 0 Å². The van der Waals surface area contributed by atoms with E-state index in [2.05, 4.69) is 15.5 Å². The van der Waals surface area contributed by atoms with Crippen molar-refractivity contribution in [1.29, 1.82) is 0 Å². The summed E-state index contributed by atoms with van der Waals surface area (Å²) in [6, 6.07) is 3.50. The fourth-order valence-corrected chi connectivity index (χ4v) is 2.88. The molecule has 3 rings (SSSR count). The van der Waals surface area contributed by atoms with E-state index in [1.807, 2.05) is 0 Å². The first-order valence-corrected chi connectivity index (χ1v) is 8.02. The second-order valence-electron chi connectivity index (χ2n) is 5.98. The van der Waals surface area contributed by atoms with Crippen LogP contribution in [0.1, 0.15) is 38.0 Å². The van der Waals surface area contributed by atoms with Gasteiger partial charge in [-0.1, -0.05) is 11.6 Å².